The molecular weight excluding hydrogens is 272 g/mol. The number of hydrogen-bond donors (Lipinski definition) is 0. The minimum absolute atomic E-state index is 0.170. The highest BCUT2D eigenvalue weighted by Crippen LogP contribution is 2.36. The predicted octanol–water partition coefficient (Wildman–Crippen LogP) is 4.54. The van der Waals surface area contributed by atoms with Crippen molar-refractivity contribution < 1.29 is 9.53 Å². The quantitative estimate of drug-likeness (QED) is 0.773. The second-order valence-electron chi connectivity index (χ2n) is 5.76. The van der Waals surface area contributed by atoms with Crippen molar-refractivity contribution in [1.29, 1.82) is 0 Å². The highest BCUT2D eigenvalue weighted by atomic mass is 16.5. The molecule has 22 heavy (non-hydrogen) atoms. The molecule has 2 nitrogen and oxygen atoms in total. The van der Waals surface area contributed by atoms with Gasteiger partial charge < -0.3 is 4.74 Å². The van der Waals surface area contributed by atoms with E-state index in [2.05, 4.69) is 31.2 Å². The van der Waals surface area contributed by atoms with Crippen LogP contribution in [0.1, 0.15) is 35.4 Å². The molecule has 0 saturated heterocycles. The lowest BCUT2D eigenvalue weighted by molar-refractivity contribution is -0.140. The highest BCUT2D eigenvalue weighted by Gasteiger charge is 2.27. The molecular formula is C20H20O2. The Hall–Kier alpha value is -2.35. The minimum atomic E-state index is -0.188. The monoisotopic (exact) mass is 292 g/mol. The lowest BCUT2D eigenvalue weighted by Crippen LogP contribution is -2.12. The van der Waals surface area contributed by atoms with Gasteiger partial charge in [0, 0.05) is 11.5 Å². The normalized spacial score (nSPS) is 17.1. The van der Waals surface area contributed by atoms with Crippen LogP contribution in [0, 0.1) is 6.92 Å². The van der Waals surface area contributed by atoms with Crippen LogP contribution in [0.4, 0.5) is 0 Å². The third kappa shape index (κ3) is 3.28. The van der Waals surface area contributed by atoms with Gasteiger partial charge in [-0.1, -0.05) is 66.2 Å². The first-order valence-electron chi connectivity index (χ1n) is 7.72. The molecule has 0 bridgehead atoms. The molecule has 0 heterocycles. The van der Waals surface area contributed by atoms with Crippen molar-refractivity contribution in [2.45, 2.75) is 32.3 Å². The first-order chi connectivity index (χ1) is 10.7. The van der Waals surface area contributed by atoms with Crippen LogP contribution < -0.4 is 0 Å². The average molecular weight is 292 g/mol. The van der Waals surface area contributed by atoms with Crippen LogP contribution in [-0.2, 0) is 16.1 Å². The van der Waals surface area contributed by atoms with Crippen molar-refractivity contribution in [1.82, 2.24) is 0 Å². The van der Waals surface area contributed by atoms with E-state index in [4.69, 9.17) is 4.74 Å². The Balaban J connectivity index is 1.67. The van der Waals surface area contributed by atoms with Crippen molar-refractivity contribution in [2.24, 2.45) is 0 Å². The third-order valence-electron chi connectivity index (χ3n) is 4.12. The van der Waals surface area contributed by atoms with Gasteiger partial charge in [0.2, 0.25) is 0 Å². The van der Waals surface area contributed by atoms with E-state index in [1.165, 1.54) is 11.1 Å². The summed E-state index contributed by atoms with van der Waals surface area (Å²) in [6.45, 7) is 2.40. The SMILES string of the molecule is Cc1ccc(C2CCC=C2C(=O)OCc2ccccc2)cc1. The van der Waals surface area contributed by atoms with Gasteiger partial charge in [-0.15, -0.1) is 0 Å². The molecule has 2 aromatic carbocycles. The molecule has 1 unspecified atom stereocenters. The van der Waals surface area contributed by atoms with Crippen LogP contribution in [0.25, 0.3) is 0 Å². The van der Waals surface area contributed by atoms with Crippen LogP contribution in [0.15, 0.2) is 66.2 Å². The van der Waals surface area contributed by atoms with E-state index in [9.17, 15) is 4.79 Å². The van der Waals surface area contributed by atoms with Crippen LogP contribution in [-0.4, -0.2) is 5.97 Å². The van der Waals surface area contributed by atoms with Gasteiger partial charge in [-0.05, 0) is 30.9 Å². The van der Waals surface area contributed by atoms with Crippen LogP contribution in [0.2, 0.25) is 0 Å². The maximum Gasteiger partial charge on any atom is 0.334 e. The Labute approximate surface area is 131 Å². The summed E-state index contributed by atoms with van der Waals surface area (Å²) in [6.07, 6.45) is 3.95. The maximum absolute atomic E-state index is 12.4. The largest absolute Gasteiger partial charge is 0.457 e. The molecule has 1 atom stereocenters. The molecule has 0 radical (unpaired) electrons. The number of carbonyl (C=O) groups excluding carboxylic acids is 1. The number of ether oxygens (including phenoxy) is 1. The van der Waals surface area contributed by atoms with E-state index in [1.807, 2.05) is 36.4 Å². The molecule has 0 spiro atoms. The first kappa shape index (κ1) is 14.6. The van der Waals surface area contributed by atoms with E-state index in [0.717, 1.165) is 24.0 Å². The van der Waals surface area contributed by atoms with Gasteiger partial charge in [0.05, 0.1) is 0 Å². The van der Waals surface area contributed by atoms with Gasteiger partial charge in [0.1, 0.15) is 6.61 Å². The highest BCUT2D eigenvalue weighted by molar-refractivity contribution is 5.90. The topological polar surface area (TPSA) is 26.3 Å². The Bertz CT molecular complexity index is 669. The van der Waals surface area contributed by atoms with Gasteiger partial charge >= 0.3 is 5.97 Å². The molecule has 1 aliphatic rings. The average Bonchev–Trinajstić information content (AvgIpc) is 3.04. The van der Waals surface area contributed by atoms with Gasteiger partial charge in [-0.25, -0.2) is 4.79 Å². The number of carbonyl (C=O) groups is 1. The number of esters is 1. The molecule has 0 aromatic heterocycles. The first-order valence-corrected chi connectivity index (χ1v) is 7.72. The Morgan fingerprint density at radius 1 is 1.09 bits per heavy atom. The minimum Gasteiger partial charge on any atom is -0.457 e. The lowest BCUT2D eigenvalue weighted by atomic mass is 9.92. The molecule has 1 aliphatic carbocycles. The summed E-state index contributed by atoms with van der Waals surface area (Å²) in [6, 6.07) is 18.2. The second-order valence-corrected chi connectivity index (χ2v) is 5.76. The molecule has 112 valence electrons. The predicted molar refractivity (Wildman–Crippen MR) is 87.5 cm³/mol. The summed E-state index contributed by atoms with van der Waals surface area (Å²) in [5.41, 5.74) is 4.26. The van der Waals surface area contributed by atoms with Crippen molar-refractivity contribution in [3.63, 3.8) is 0 Å². The van der Waals surface area contributed by atoms with Gasteiger partial charge in [0.25, 0.3) is 0 Å². The molecule has 0 aliphatic heterocycles. The van der Waals surface area contributed by atoms with E-state index in [0.29, 0.717) is 6.61 Å². The fraction of sp³-hybridized carbons (Fsp3) is 0.250. The summed E-state index contributed by atoms with van der Waals surface area (Å²) in [5, 5.41) is 0. The molecule has 0 saturated carbocycles. The zero-order chi connectivity index (χ0) is 15.4. The van der Waals surface area contributed by atoms with E-state index in [1.54, 1.807) is 0 Å². The van der Waals surface area contributed by atoms with Crippen LogP contribution in [0.5, 0.6) is 0 Å². The summed E-state index contributed by atoms with van der Waals surface area (Å²) in [5.74, 6) is -0.0178. The molecule has 0 amide bonds. The van der Waals surface area contributed by atoms with E-state index >= 15 is 0 Å². The Kier molecular flexibility index (Phi) is 4.38. The van der Waals surface area contributed by atoms with Gasteiger partial charge in [0.15, 0.2) is 0 Å². The second kappa shape index (κ2) is 6.61. The van der Waals surface area contributed by atoms with Crippen molar-refractivity contribution in [3.05, 3.63) is 82.9 Å². The third-order valence-corrected chi connectivity index (χ3v) is 4.12. The number of benzene rings is 2. The molecule has 0 fully saturated rings. The number of rotatable bonds is 4. The van der Waals surface area contributed by atoms with Crippen molar-refractivity contribution in [2.75, 3.05) is 0 Å². The summed E-state index contributed by atoms with van der Waals surface area (Å²) >= 11 is 0. The van der Waals surface area contributed by atoms with E-state index < -0.39 is 0 Å². The lowest BCUT2D eigenvalue weighted by Gasteiger charge is -2.15. The standard InChI is InChI=1S/C20H20O2/c1-15-10-12-17(13-11-15)18-8-5-9-19(18)20(21)22-14-16-6-3-2-4-7-16/h2-4,6-7,9-13,18H,5,8,14H2,1H3. The van der Waals surface area contributed by atoms with Crippen molar-refractivity contribution >= 4 is 5.97 Å². The maximum atomic E-state index is 12.4. The van der Waals surface area contributed by atoms with E-state index in [-0.39, 0.29) is 11.9 Å². The fourth-order valence-electron chi connectivity index (χ4n) is 2.88. The number of aryl methyl sites for hydroxylation is 1. The molecule has 0 N–H and O–H groups in total. The van der Waals surface area contributed by atoms with Crippen LogP contribution in [0.3, 0.4) is 0 Å². The molecule has 2 aromatic rings. The van der Waals surface area contributed by atoms with Crippen LogP contribution >= 0.6 is 0 Å². The Morgan fingerprint density at radius 2 is 1.82 bits per heavy atom. The summed E-state index contributed by atoms with van der Waals surface area (Å²) < 4.78 is 5.48. The summed E-state index contributed by atoms with van der Waals surface area (Å²) in [4.78, 5) is 12.4. The number of hydrogen-bond acceptors (Lipinski definition) is 2. The van der Waals surface area contributed by atoms with Crippen molar-refractivity contribution in [3.8, 4) is 0 Å². The zero-order valence-electron chi connectivity index (χ0n) is 12.8. The Morgan fingerprint density at radius 3 is 2.55 bits per heavy atom. The van der Waals surface area contributed by atoms with Gasteiger partial charge in [-0.2, -0.15) is 0 Å². The molecule has 3 rings (SSSR count). The number of allylic oxidation sites excluding steroid dienone is 1. The van der Waals surface area contributed by atoms with Gasteiger partial charge in [-0.3, -0.25) is 0 Å². The summed E-state index contributed by atoms with van der Waals surface area (Å²) in [7, 11) is 0. The fourth-order valence-corrected chi connectivity index (χ4v) is 2.88. The smallest absolute Gasteiger partial charge is 0.334 e. The zero-order valence-corrected chi connectivity index (χ0v) is 12.8. The molecule has 2 heteroatoms.